The van der Waals surface area contributed by atoms with Crippen LogP contribution in [0.15, 0.2) is 23.4 Å². The van der Waals surface area contributed by atoms with E-state index in [4.69, 9.17) is 0 Å². The largest absolute Gasteiger partial charge is 0.393 e. The molecule has 0 aliphatic heterocycles. The zero-order valence-corrected chi connectivity index (χ0v) is 21.6. The average Bonchev–Trinajstić information content (AvgIpc) is 3.07. The Morgan fingerprint density at radius 1 is 1.18 bits per heavy atom. The lowest BCUT2D eigenvalue weighted by molar-refractivity contribution is -0.165. The number of Topliss-reactive ketones (excluding diaryl/α,β-unsaturated/α-hetero) is 1. The molecular weight excluding hydrogens is 412 g/mol. The number of rotatable bonds is 4. The highest BCUT2D eigenvalue weighted by molar-refractivity contribution is 6.03. The van der Waals surface area contributed by atoms with Crippen molar-refractivity contribution in [2.75, 3.05) is 14.1 Å². The Bertz CT molecular complexity index is 872. The summed E-state index contributed by atoms with van der Waals surface area (Å²) in [5, 5.41) is 14.3. The van der Waals surface area contributed by atoms with Crippen LogP contribution < -0.4 is 5.32 Å². The third-order valence-corrected chi connectivity index (χ3v) is 10.4. The number of allylic oxidation sites excluding steroid dienone is 3. The average molecular weight is 457 g/mol. The number of fused-ring (bicyclic) bond motifs is 5. The Kier molecular flexibility index (Phi) is 6.46. The summed E-state index contributed by atoms with van der Waals surface area (Å²) in [6, 6.07) is 0.534. The van der Waals surface area contributed by atoms with Crippen molar-refractivity contribution in [2.45, 2.75) is 85.3 Å². The highest BCUT2D eigenvalue weighted by atomic mass is 16.3. The van der Waals surface area contributed by atoms with E-state index in [2.05, 4.69) is 45.1 Å². The Hall–Kier alpha value is -1.46. The summed E-state index contributed by atoms with van der Waals surface area (Å²) < 4.78 is 0. The maximum absolute atomic E-state index is 13.5. The predicted octanol–water partition coefficient (Wildman–Crippen LogP) is 4.32. The van der Waals surface area contributed by atoms with Crippen LogP contribution in [0.4, 0.5) is 0 Å². The van der Waals surface area contributed by atoms with E-state index in [1.54, 1.807) is 0 Å². The molecule has 33 heavy (non-hydrogen) atoms. The minimum atomic E-state index is -0.442. The number of amides is 1. The smallest absolute Gasteiger partial charge is 0.248 e. The normalized spacial score (nSPS) is 43.2. The second kappa shape index (κ2) is 8.64. The molecule has 3 saturated carbocycles. The molecule has 5 nitrogen and oxygen atoms in total. The summed E-state index contributed by atoms with van der Waals surface area (Å²) >= 11 is 0. The number of carbonyl (C=O) groups is 2. The molecule has 0 aromatic rings. The number of aliphatic hydroxyl groups excluding tert-OH is 1. The van der Waals surface area contributed by atoms with Crippen LogP contribution in [-0.4, -0.2) is 47.9 Å². The van der Waals surface area contributed by atoms with Crippen LogP contribution in [0.3, 0.4) is 0 Å². The fourth-order valence-corrected chi connectivity index (χ4v) is 8.47. The highest BCUT2D eigenvalue weighted by Gasteiger charge is 2.63. The Morgan fingerprint density at radius 3 is 2.48 bits per heavy atom. The van der Waals surface area contributed by atoms with Gasteiger partial charge < -0.3 is 15.3 Å². The molecule has 5 heteroatoms. The molecule has 4 aliphatic carbocycles. The topological polar surface area (TPSA) is 69.6 Å². The van der Waals surface area contributed by atoms with Gasteiger partial charge in [0.15, 0.2) is 5.78 Å². The van der Waals surface area contributed by atoms with E-state index in [0.29, 0.717) is 35.9 Å². The standard InChI is InChI=1S/C28H44N2O3/c1-16(2)14-24(32)29-22-11-13-28(5)20-10-12-27(4)18(17(3)30(6)7)8-9-19(27)25(20)23(31)15-21(28)26(22)33/h11,14,17-21,23,25,31H,8-10,12-13,15H2,1-7H3,(H,29,32). The first-order valence-electron chi connectivity index (χ1n) is 12.9. The van der Waals surface area contributed by atoms with Crippen molar-refractivity contribution in [1.29, 1.82) is 0 Å². The summed E-state index contributed by atoms with van der Waals surface area (Å²) in [6.45, 7) is 10.9. The highest BCUT2D eigenvalue weighted by Crippen LogP contribution is 2.67. The maximum atomic E-state index is 13.5. The molecule has 0 spiro atoms. The van der Waals surface area contributed by atoms with Crippen LogP contribution >= 0.6 is 0 Å². The fraction of sp³-hybridized carbons (Fsp3) is 0.786. The summed E-state index contributed by atoms with van der Waals surface area (Å²) in [6.07, 6.45) is 9.04. The van der Waals surface area contributed by atoms with Gasteiger partial charge in [0.25, 0.3) is 0 Å². The zero-order valence-electron chi connectivity index (χ0n) is 21.6. The van der Waals surface area contributed by atoms with Crippen molar-refractivity contribution in [2.24, 2.45) is 40.4 Å². The number of hydrogen-bond acceptors (Lipinski definition) is 4. The van der Waals surface area contributed by atoms with E-state index >= 15 is 0 Å². The second-order valence-corrected chi connectivity index (χ2v) is 12.5. The summed E-state index contributed by atoms with van der Waals surface area (Å²) in [5.41, 5.74) is 1.44. The van der Waals surface area contributed by atoms with Gasteiger partial charge >= 0.3 is 0 Å². The Morgan fingerprint density at radius 2 is 1.85 bits per heavy atom. The van der Waals surface area contributed by atoms with E-state index < -0.39 is 6.10 Å². The van der Waals surface area contributed by atoms with Crippen molar-refractivity contribution >= 4 is 11.7 Å². The molecular formula is C28H44N2O3. The van der Waals surface area contributed by atoms with Crippen LogP contribution in [0, 0.1) is 40.4 Å². The van der Waals surface area contributed by atoms with Crippen LogP contribution in [0.5, 0.6) is 0 Å². The molecule has 0 radical (unpaired) electrons. The molecule has 0 aromatic heterocycles. The molecule has 4 aliphatic rings. The zero-order chi connectivity index (χ0) is 24.3. The molecule has 3 fully saturated rings. The Labute approximate surface area is 200 Å². The molecule has 9 atom stereocenters. The summed E-state index contributed by atoms with van der Waals surface area (Å²) in [4.78, 5) is 28.1. The monoisotopic (exact) mass is 456 g/mol. The van der Waals surface area contributed by atoms with Gasteiger partial charge in [-0.1, -0.05) is 25.5 Å². The van der Waals surface area contributed by atoms with Gasteiger partial charge in [-0.15, -0.1) is 0 Å². The van der Waals surface area contributed by atoms with Gasteiger partial charge in [-0.3, -0.25) is 9.59 Å². The number of carbonyl (C=O) groups excluding carboxylic acids is 2. The molecule has 0 heterocycles. The van der Waals surface area contributed by atoms with Gasteiger partial charge in [0.2, 0.25) is 5.91 Å². The van der Waals surface area contributed by atoms with Gasteiger partial charge in [0.05, 0.1) is 11.8 Å². The predicted molar refractivity (Wildman–Crippen MR) is 131 cm³/mol. The van der Waals surface area contributed by atoms with E-state index in [9.17, 15) is 14.7 Å². The van der Waals surface area contributed by atoms with Gasteiger partial charge in [-0.2, -0.15) is 0 Å². The van der Waals surface area contributed by atoms with E-state index in [0.717, 1.165) is 18.4 Å². The molecule has 2 N–H and O–H groups in total. The lowest BCUT2D eigenvalue weighted by Crippen LogP contribution is -2.60. The van der Waals surface area contributed by atoms with Crippen molar-refractivity contribution in [1.82, 2.24) is 10.2 Å². The first kappa shape index (κ1) is 24.7. The first-order chi connectivity index (χ1) is 15.4. The Balaban J connectivity index is 1.60. The lowest BCUT2D eigenvalue weighted by atomic mass is 9.44. The quantitative estimate of drug-likeness (QED) is 0.618. The molecule has 184 valence electrons. The lowest BCUT2D eigenvalue weighted by Gasteiger charge is -2.61. The number of aliphatic hydroxyl groups is 1. The molecule has 0 bridgehead atoms. The minimum Gasteiger partial charge on any atom is -0.393 e. The van der Waals surface area contributed by atoms with Crippen LogP contribution in [-0.2, 0) is 9.59 Å². The summed E-state index contributed by atoms with van der Waals surface area (Å²) in [7, 11) is 4.37. The first-order valence-corrected chi connectivity index (χ1v) is 12.9. The maximum Gasteiger partial charge on any atom is 0.248 e. The van der Waals surface area contributed by atoms with Crippen LogP contribution in [0.25, 0.3) is 0 Å². The van der Waals surface area contributed by atoms with Crippen LogP contribution in [0.2, 0.25) is 0 Å². The van der Waals surface area contributed by atoms with Gasteiger partial charge in [0, 0.05) is 18.0 Å². The van der Waals surface area contributed by atoms with Gasteiger partial charge in [0.1, 0.15) is 0 Å². The third kappa shape index (κ3) is 3.93. The van der Waals surface area contributed by atoms with Crippen LogP contribution in [0.1, 0.15) is 73.1 Å². The van der Waals surface area contributed by atoms with Crippen molar-refractivity contribution in [3.63, 3.8) is 0 Å². The number of nitrogens with one attached hydrogen (secondary N) is 1. The molecule has 4 rings (SSSR count). The summed E-state index contributed by atoms with van der Waals surface area (Å²) in [5.74, 6) is 1.35. The van der Waals surface area contributed by atoms with Gasteiger partial charge in [-0.05, 0) is 108 Å². The van der Waals surface area contributed by atoms with Crippen molar-refractivity contribution in [3.8, 4) is 0 Å². The van der Waals surface area contributed by atoms with E-state index in [-0.39, 0.29) is 34.4 Å². The second-order valence-electron chi connectivity index (χ2n) is 12.5. The van der Waals surface area contributed by atoms with Gasteiger partial charge in [-0.25, -0.2) is 0 Å². The molecule has 1 amide bonds. The SMILES string of the molecule is CC(C)=CC(=O)NC1=CCC2(C)C(CC(O)C3C2CCC2(C)C3CCC2C(C)N(C)C)C1=O. The molecule has 9 unspecified atom stereocenters. The molecule has 0 saturated heterocycles. The number of nitrogens with zero attached hydrogens (tertiary/aromatic N) is 1. The number of ketones is 1. The number of hydrogen-bond donors (Lipinski definition) is 2. The third-order valence-electron chi connectivity index (χ3n) is 10.4. The minimum absolute atomic E-state index is 0.00983. The molecule has 0 aromatic carbocycles. The van der Waals surface area contributed by atoms with Crippen molar-refractivity contribution < 1.29 is 14.7 Å². The van der Waals surface area contributed by atoms with E-state index in [1.807, 2.05) is 19.9 Å². The van der Waals surface area contributed by atoms with Crippen molar-refractivity contribution in [3.05, 3.63) is 23.4 Å². The van der Waals surface area contributed by atoms with E-state index in [1.165, 1.54) is 25.3 Å². The fourth-order valence-electron chi connectivity index (χ4n) is 8.47.